The van der Waals surface area contributed by atoms with Crippen LogP contribution in [0.1, 0.15) is 11.1 Å². The Labute approximate surface area is 148 Å². The smallest absolute Gasteiger partial charge is 0.362 e. The quantitative estimate of drug-likeness (QED) is 0.309. The second-order valence-corrected chi connectivity index (χ2v) is 6.69. The van der Waals surface area contributed by atoms with Gasteiger partial charge < -0.3 is 4.90 Å². The third kappa shape index (κ3) is 5.49. The maximum atomic E-state index is 14.3. The van der Waals surface area contributed by atoms with Crippen LogP contribution in [0.2, 0.25) is 0 Å². The molecule has 0 aromatic heterocycles. The fourth-order valence-electron chi connectivity index (χ4n) is 2.17. The average molecular weight is 370 g/mol. The van der Waals surface area contributed by atoms with Crippen LogP contribution in [0.15, 0.2) is 52.4 Å². The van der Waals surface area contributed by atoms with E-state index in [0.29, 0.717) is 28.1 Å². The van der Waals surface area contributed by atoms with Crippen LogP contribution >= 0.6 is 11.8 Å². The minimum absolute atomic E-state index is 0.0165. The lowest BCUT2D eigenvalue weighted by atomic mass is 10.2. The van der Waals surface area contributed by atoms with Crippen molar-refractivity contribution in [2.75, 3.05) is 19.8 Å². The van der Waals surface area contributed by atoms with E-state index in [-0.39, 0.29) is 5.69 Å². The summed E-state index contributed by atoms with van der Waals surface area (Å²) in [4.78, 5) is 6.44. The molecule has 0 aliphatic heterocycles. The Hall–Kier alpha value is -2.02. The van der Waals surface area contributed by atoms with Gasteiger partial charge in [-0.05, 0) is 24.6 Å². The lowest BCUT2D eigenvalue weighted by molar-refractivity contribution is -0.105. The molecule has 134 valence electrons. The SMILES string of the molecule is Cc1cc(F)c(N=C(c2ccccc2)N(C)C)cc1SCC(F)(F)F. The number of hydrogen-bond donors (Lipinski definition) is 0. The molecule has 0 unspecified atom stereocenters. The zero-order valence-corrected chi connectivity index (χ0v) is 14.9. The van der Waals surface area contributed by atoms with Crippen molar-refractivity contribution in [3.8, 4) is 0 Å². The van der Waals surface area contributed by atoms with Gasteiger partial charge in [-0.3, -0.25) is 0 Å². The molecular weight excluding hydrogens is 352 g/mol. The highest BCUT2D eigenvalue weighted by Crippen LogP contribution is 2.33. The first-order chi connectivity index (χ1) is 11.7. The third-order valence-electron chi connectivity index (χ3n) is 3.32. The topological polar surface area (TPSA) is 15.6 Å². The molecule has 0 aliphatic carbocycles. The molecule has 0 N–H and O–H groups in total. The lowest BCUT2D eigenvalue weighted by Gasteiger charge is -2.17. The molecule has 0 heterocycles. The first kappa shape index (κ1) is 19.3. The molecule has 2 aromatic rings. The standard InChI is InChI=1S/C18H18F4N2S/c1-12-9-14(19)15(10-16(12)25-11-18(20,21)22)23-17(24(2)3)13-7-5-4-6-8-13/h4-10H,11H2,1-3H3. The highest BCUT2D eigenvalue weighted by Gasteiger charge is 2.27. The van der Waals surface area contributed by atoms with Gasteiger partial charge >= 0.3 is 6.18 Å². The molecule has 2 rings (SSSR count). The molecular formula is C18H18F4N2S. The molecule has 0 amide bonds. The van der Waals surface area contributed by atoms with Gasteiger partial charge in [0.2, 0.25) is 0 Å². The Morgan fingerprint density at radius 2 is 1.76 bits per heavy atom. The number of hydrogen-bond acceptors (Lipinski definition) is 2. The number of rotatable bonds is 4. The predicted molar refractivity (Wildman–Crippen MR) is 94.2 cm³/mol. The molecule has 0 spiro atoms. The van der Waals surface area contributed by atoms with Crippen LogP contribution in [0.25, 0.3) is 0 Å². The minimum Gasteiger partial charge on any atom is -0.362 e. The second-order valence-electron chi connectivity index (χ2n) is 5.67. The fourth-order valence-corrected chi connectivity index (χ4v) is 2.97. The Kier molecular flexibility index (Phi) is 6.11. The van der Waals surface area contributed by atoms with E-state index in [2.05, 4.69) is 4.99 Å². The Balaban J connectivity index is 2.43. The normalized spacial score (nSPS) is 12.4. The summed E-state index contributed by atoms with van der Waals surface area (Å²) in [6.07, 6.45) is -4.28. The van der Waals surface area contributed by atoms with Crippen LogP contribution in [0, 0.1) is 12.7 Å². The van der Waals surface area contributed by atoms with Crippen LogP contribution < -0.4 is 0 Å². The second kappa shape index (κ2) is 7.91. The van der Waals surface area contributed by atoms with Crippen molar-refractivity contribution < 1.29 is 17.6 Å². The highest BCUT2D eigenvalue weighted by atomic mass is 32.2. The van der Waals surface area contributed by atoms with Gasteiger partial charge in [0.05, 0.1) is 5.75 Å². The van der Waals surface area contributed by atoms with Gasteiger partial charge in [0.25, 0.3) is 0 Å². The lowest BCUT2D eigenvalue weighted by Crippen LogP contribution is -2.22. The highest BCUT2D eigenvalue weighted by molar-refractivity contribution is 7.99. The fraction of sp³-hybridized carbons (Fsp3) is 0.278. The molecule has 7 heteroatoms. The van der Waals surface area contributed by atoms with Crippen molar-refractivity contribution in [3.05, 3.63) is 59.4 Å². The van der Waals surface area contributed by atoms with Crippen molar-refractivity contribution in [3.63, 3.8) is 0 Å². The first-order valence-corrected chi connectivity index (χ1v) is 8.47. The number of benzene rings is 2. The first-order valence-electron chi connectivity index (χ1n) is 7.48. The van der Waals surface area contributed by atoms with Gasteiger partial charge in [-0.25, -0.2) is 9.38 Å². The Morgan fingerprint density at radius 3 is 2.32 bits per heavy atom. The summed E-state index contributed by atoms with van der Waals surface area (Å²) >= 11 is 0.634. The molecule has 0 saturated carbocycles. The van der Waals surface area contributed by atoms with E-state index in [0.717, 1.165) is 5.56 Å². The van der Waals surface area contributed by atoms with Gasteiger partial charge in [0, 0.05) is 24.6 Å². The summed E-state index contributed by atoms with van der Waals surface area (Å²) in [6, 6.07) is 11.8. The van der Waals surface area contributed by atoms with Gasteiger partial charge in [0.15, 0.2) is 0 Å². The average Bonchev–Trinajstić information content (AvgIpc) is 2.52. The molecule has 2 aromatic carbocycles. The predicted octanol–water partition coefficient (Wildman–Crippen LogP) is 5.43. The zero-order valence-electron chi connectivity index (χ0n) is 14.1. The number of aliphatic imine (C=N–C) groups is 1. The van der Waals surface area contributed by atoms with Gasteiger partial charge in [-0.15, -0.1) is 11.8 Å². The van der Waals surface area contributed by atoms with Crippen molar-refractivity contribution in [1.29, 1.82) is 0 Å². The van der Waals surface area contributed by atoms with Crippen LogP contribution in [0.3, 0.4) is 0 Å². The number of alkyl halides is 3. The number of aryl methyl sites for hydroxylation is 1. The molecule has 0 saturated heterocycles. The monoisotopic (exact) mass is 370 g/mol. The van der Waals surface area contributed by atoms with E-state index in [1.165, 1.54) is 12.1 Å². The van der Waals surface area contributed by atoms with Crippen LogP contribution in [-0.4, -0.2) is 36.8 Å². The van der Waals surface area contributed by atoms with E-state index in [1.807, 2.05) is 30.3 Å². The van der Waals surface area contributed by atoms with E-state index in [9.17, 15) is 17.6 Å². The maximum Gasteiger partial charge on any atom is 0.398 e. The van der Waals surface area contributed by atoms with Crippen LogP contribution in [-0.2, 0) is 0 Å². The molecule has 0 aliphatic rings. The van der Waals surface area contributed by atoms with E-state index < -0.39 is 17.7 Å². The summed E-state index contributed by atoms with van der Waals surface area (Å²) in [5, 5.41) is 0. The van der Waals surface area contributed by atoms with Crippen LogP contribution in [0.4, 0.5) is 23.2 Å². The van der Waals surface area contributed by atoms with Gasteiger partial charge in [0.1, 0.15) is 17.3 Å². The summed E-state index contributed by atoms with van der Waals surface area (Å²) in [7, 11) is 3.55. The molecule has 25 heavy (non-hydrogen) atoms. The molecule has 0 bridgehead atoms. The number of nitrogens with zero attached hydrogens (tertiary/aromatic N) is 2. The molecule has 0 radical (unpaired) electrons. The van der Waals surface area contributed by atoms with Crippen molar-refractivity contribution >= 4 is 23.3 Å². The van der Waals surface area contributed by atoms with Crippen LogP contribution in [0.5, 0.6) is 0 Å². The van der Waals surface area contributed by atoms with Crippen molar-refractivity contribution in [1.82, 2.24) is 4.90 Å². The number of halogens is 4. The third-order valence-corrected chi connectivity index (χ3v) is 4.54. The largest absolute Gasteiger partial charge is 0.398 e. The van der Waals surface area contributed by atoms with Crippen molar-refractivity contribution in [2.45, 2.75) is 18.0 Å². The van der Waals surface area contributed by atoms with E-state index in [1.54, 1.807) is 25.9 Å². The molecule has 0 fully saturated rings. The van der Waals surface area contributed by atoms with E-state index in [4.69, 9.17) is 0 Å². The Morgan fingerprint density at radius 1 is 1.12 bits per heavy atom. The van der Waals surface area contributed by atoms with E-state index >= 15 is 0 Å². The maximum absolute atomic E-state index is 14.3. The van der Waals surface area contributed by atoms with Gasteiger partial charge in [-0.1, -0.05) is 30.3 Å². The summed E-state index contributed by atoms with van der Waals surface area (Å²) in [5.74, 6) is -1.07. The number of thioether (sulfide) groups is 1. The Bertz CT molecular complexity index is 756. The van der Waals surface area contributed by atoms with Crippen molar-refractivity contribution in [2.24, 2.45) is 4.99 Å². The summed E-state index contributed by atoms with van der Waals surface area (Å²) in [5.41, 5.74) is 1.26. The van der Waals surface area contributed by atoms with Gasteiger partial charge in [-0.2, -0.15) is 13.2 Å². The number of amidine groups is 1. The molecule has 0 atom stereocenters. The summed E-state index contributed by atoms with van der Waals surface area (Å²) in [6.45, 7) is 1.58. The summed E-state index contributed by atoms with van der Waals surface area (Å²) < 4.78 is 51.7. The molecule has 2 nitrogen and oxygen atoms in total. The zero-order chi connectivity index (χ0) is 18.6. The minimum atomic E-state index is -4.28.